The van der Waals surface area contributed by atoms with Gasteiger partial charge in [-0.15, -0.1) is 11.6 Å². The molecule has 1 nitrogen and oxygen atoms in total. The summed E-state index contributed by atoms with van der Waals surface area (Å²) in [6, 6.07) is 6.52. The fourth-order valence-corrected chi connectivity index (χ4v) is 3.29. The minimum absolute atomic E-state index is 0.142. The van der Waals surface area contributed by atoms with Crippen LogP contribution in [0.25, 0.3) is 0 Å². The molecule has 0 radical (unpaired) electrons. The van der Waals surface area contributed by atoms with Crippen LogP contribution in [-0.2, 0) is 6.42 Å². The lowest BCUT2D eigenvalue weighted by Gasteiger charge is -2.23. The van der Waals surface area contributed by atoms with Crippen molar-refractivity contribution in [1.29, 1.82) is 0 Å². The highest BCUT2D eigenvalue weighted by Crippen LogP contribution is 2.37. The maximum absolute atomic E-state index is 6.71. The first-order valence-electron chi connectivity index (χ1n) is 7.66. The van der Waals surface area contributed by atoms with Crippen LogP contribution in [0.4, 0.5) is 0 Å². The Morgan fingerprint density at radius 3 is 2.89 bits per heavy atom. The molecule has 0 N–H and O–H groups in total. The van der Waals surface area contributed by atoms with Gasteiger partial charge in [0.2, 0.25) is 0 Å². The van der Waals surface area contributed by atoms with E-state index < -0.39 is 0 Å². The molecule has 1 heterocycles. The number of hydrogen-bond acceptors (Lipinski definition) is 1. The molecule has 2 unspecified atom stereocenters. The summed E-state index contributed by atoms with van der Waals surface area (Å²) < 4.78 is 5.67. The molecule has 2 atom stereocenters. The zero-order valence-electron chi connectivity index (χ0n) is 12.1. The standard InChI is InChI=1S/C17H25ClO/c1-3-5-7-13(4-2)17(18)15-9-10-16-14(12-15)8-6-11-19-16/h9-10,12-13,17H,3-8,11H2,1-2H3. The molecule has 1 aliphatic heterocycles. The molecule has 106 valence electrons. The third-order valence-electron chi connectivity index (χ3n) is 4.12. The second-order valence-electron chi connectivity index (χ2n) is 5.53. The van der Waals surface area contributed by atoms with Crippen molar-refractivity contribution >= 4 is 11.6 Å². The zero-order chi connectivity index (χ0) is 13.7. The van der Waals surface area contributed by atoms with Gasteiger partial charge in [-0.25, -0.2) is 0 Å². The normalized spacial score (nSPS) is 17.4. The van der Waals surface area contributed by atoms with Crippen LogP contribution in [0.2, 0.25) is 0 Å². The lowest BCUT2D eigenvalue weighted by molar-refractivity contribution is 0.288. The van der Waals surface area contributed by atoms with Crippen molar-refractivity contribution in [2.75, 3.05) is 6.61 Å². The fourth-order valence-electron chi connectivity index (χ4n) is 2.85. The highest BCUT2D eigenvalue weighted by Gasteiger charge is 2.21. The van der Waals surface area contributed by atoms with E-state index in [0.717, 1.165) is 31.6 Å². The number of alkyl halides is 1. The van der Waals surface area contributed by atoms with Crippen LogP contribution in [0, 0.1) is 5.92 Å². The lowest BCUT2D eigenvalue weighted by Crippen LogP contribution is -2.11. The highest BCUT2D eigenvalue weighted by molar-refractivity contribution is 6.21. The van der Waals surface area contributed by atoms with Gasteiger partial charge in [0.15, 0.2) is 0 Å². The summed E-state index contributed by atoms with van der Waals surface area (Å²) in [7, 11) is 0. The van der Waals surface area contributed by atoms with E-state index in [1.165, 1.54) is 30.4 Å². The minimum atomic E-state index is 0.142. The topological polar surface area (TPSA) is 9.23 Å². The molecule has 0 aliphatic carbocycles. The molecule has 0 bridgehead atoms. The van der Waals surface area contributed by atoms with Crippen molar-refractivity contribution in [2.24, 2.45) is 5.92 Å². The summed E-state index contributed by atoms with van der Waals surface area (Å²) in [6.45, 7) is 5.34. The molecule has 0 saturated heterocycles. The van der Waals surface area contributed by atoms with Gasteiger partial charge in [0.05, 0.1) is 12.0 Å². The predicted octanol–water partition coefficient (Wildman–Crippen LogP) is 5.51. The Kier molecular flexibility index (Phi) is 5.57. The van der Waals surface area contributed by atoms with Crippen LogP contribution >= 0.6 is 11.6 Å². The second-order valence-corrected chi connectivity index (χ2v) is 6.00. The van der Waals surface area contributed by atoms with Gasteiger partial charge in [-0.1, -0.05) is 45.2 Å². The van der Waals surface area contributed by atoms with Crippen LogP contribution in [0.1, 0.15) is 62.5 Å². The molecule has 0 spiro atoms. The number of fused-ring (bicyclic) bond motifs is 1. The number of ether oxygens (including phenoxy) is 1. The fraction of sp³-hybridized carbons (Fsp3) is 0.647. The van der Waals surface area contributed by atoms with Gasteiger partial charge in [0.25, 0.3) is 0 Å². The number of hydrogen-bond donors (Lipinski definition) is 0. The van der Waals surface area contributed by atoms with E-state index in [-0.39, 0.29) is 5.38 Å². The summed E-state index contributed by atoms with van der Waals surface area (Å²) in [4.78, 5) is 0. The van der Waals surface area contributed by atoms with E-state index in [1.807, 2.05) is 0 Å². The van der Waals surface area contributed by atoms with Gasteiger partial charge >= 0.3 is 0 Å². The van der Waals surface area contributed by atoms with E-state index in [4.69, 9.17) is 16.3 Å². The Morgan fingerprint density at radius 1 is 1.32 bits per heavy atom. The summed E-state index contributed by atoms with van der Waals surface area (Å²) in [5.41, 5.74) is 2.61. The molecule has 0 saturated carbocycles. The quantitative estimate of drug-likeness (QED) is 0.625. The van der Waals surface area contributed by atoms with Gasteiger partial charge in [0.1, 0.15) is 5.75 Å². The average Bonchev–Trinajstić information content (AvgIpc) is 2.47. The minimum Gasteiger partial charge on any atom is -0.493 e. The molecule has 2 rings (SSSR count). The molecule has 19 heavy (non-hydrogen) atoms. The summed E-state index contributed by atoms with van der Waals surface area (Å²) in [5.74, 6) is 1.64. The molecule has 2 heteroatoms. The number of unbranched alkanes of at least 4 members (excludes halogenated alkanes) is 1. The summed E-state index contributed by atoms with van der Waals surface area (Å²) >= 11 is 6.71. The summed E-state index contributed by atoms with van der Waals surface area (Å²) in [5, 5.41) is 0.142. The zero-order valence-corrected chi connectivity index (χ0v) is 12.9. The molecular weight excluding hydrogens is 256 g/mol. The molecule has 0 fully saturated rings. The molecule has 1 aromatic carbocycles. The third-order valence-corrected chi connectivity index (χ3v) is 4.73. The molecular formula is C17H25ClO. The van der Waals surface area contributed by atoms with E-state index in [9.17, 15) is 0 Å². The molecule has 1 aliphatic rings. The number of halogens is 1. The van der Waals surface area contributed by atoms with Crippen LogP contribution in [0.3, 0.4) is 0 Å². The van der Waals surface area contributed by atoms with Crippen molar-refractivity contribution in [1.82, 2.24) is 0 Å². The SMILES string of the molecule is CCCCC(CC)C(Cl)c1ccc2c(c1)CCCO2. The van der Waals surface area contributed by atoms with Crippen LogP contribution in [-0.4, -0.2) is 6.61 Å². The second kappa shape index (κ2) is 7.19. The first-order chi connectivity index (χ1) is 9.26. The molecule has 0 amide bonds. The van der Waals surface area contributed by atoms with Crippen LogP contribution in [0.5, 0.6) is 5.75 Å². The van der Waals surface area contributed by atoms with Crippen molar-refractivity contribution in [3.05, 3.63) is 29.3 Å². The maximum atomic E-state index is 6.71. The van der Waals surface area contributed by atoms with E-state index >= 15 is 0 Å². The largest absolute Gasteiger partial charge is 0.493 e. The monoisotopic (exact) mass is 280 g/mol. The lowest BCUT2D eigenvalue weighted by atomic mass is 9.90. The molecule has 0 aromatic heterocycles. The summed E-state index contributed by atoms with van der Waals surface area (Å²) in [6.07, 6.45) is 7.15. The average molecular weight is 281 g/mol. The number of rotatable bonds is 6. The van der Waals surface area contributed by atoms with Crippen LogP contribution in [0.15, 0.2) is 18.2 Å². The number of aryl methyl sites for hydroxylation is 1. The van der Waals surface area contributed by atoms with Gasteiger partial charge < -0.3 is 4.74 Å². The third kappa shape index (κ3) is 3.66. The van der Waals surface area contributed by atoms with Crippen molar-refractivity contribution in [2.45, 2.75) is 57.7 Å². The van der Waals surface area contributed by atoms with Gasteiger partial charge in [-0.05, 0) is 42.4 Å². The number of benzene rings is 1. The van der Waals surface area contributed by atoms with Gasteiger partial charge in [-0.2, -0.15) is 0 Å². The van der Waals surface area contributed by atoms with E-state index in [1.54, 1.807) is 0 Å². The van der Waals surface area contributed by atoms with Crippen LogP contribution < -0.4 is 4.74 Å². The molecule has 1 aromatic rings. The first kappa shape index (κ1) is 14.7. The van der Waals surface area contributed by atoms with E-state index in [0.29, 0.717) is 5.92 Å². The maximum Gasteiger partial charge on any atom is 0.122 e. The van der Waals surface area contributed by atoms with Gasteiger partial charge in [-0.3, -0.25) is 0 Å². The van der Waals surface area contributed by atoms with Crippen molar-refractivity contribution in [3.8, 4) is 5.75 Å². The Labute approximate surface area is 122 Å². The Hall–Kier alpha value is -0.690. The van der Waals surface area contributed by atoms with Gasteiger partial charge in [0, 0.05) is 0 Å². The highest BCUT2D eigenvalue weighted by atomic mass is 35.5. The Bertz CT molecular complexity index is 402. The smallest absolute Gasteiger partial charge is 0.122 e. The first-order valence-corrected chi connectivity index (χ1v) is 8.09. The van der Waals surface area contributed by atoms with Crippen molar-refractivity contribution < 1.29 is 4.74 Å². The Balaban J connectivity index is 2.11. The Morgan fingerprint density at radius 2 is 2.16 bits per heavy atom. The van der Waals surface area contributed by atoms with E-state index in [2.05, 4.69) is 32.0 Å². The van der Waals surface area contributed by atoms with Crippen molar-refractivity contribution in [3.63, 3.8) is 0 Å². The predicted molar refractivity (Wildman–Crippen MR) is 82.2 cm³/mol.